The summed E-state index contributed by atoms with van der Waals surface area (Å²) < 4.78 is 7.87. The lowest BCUT2D eigenvalue weighted by Crippen LogP contribution is -2.32. The maximum absolute atomic E-state index is 5.75. The van der Waals surface area contributed by atoms with Crippen molar-refractivity contribution in [2.45, 2.75) is 6.61 Å². The number of ether oxygens (including phenoxy) is 1. The Bertz CT molecular complexity index is 659. The molecule has 0 saturated heterocycles. The second-order valence-electron chi connectivity index (χ2n) is 4.25. The molecule has 0 fully saturated rings. The van der Waals surface area contributed by atoms with E-state index in [1.807, 2.05) is 49.5 Å². The minimum atomic E-state index is 0.537. The van der Waals surface area contributed by atoms with Crippen molar-refractivity contribution in [1.29, 1.82) is 0 Å². The number of nitrogens with one attached hydrogen (secondary N) is 1. The fourth-order valence-corrected chi connectivity index (χ4v) is 2.06. The second-order valence-corrected chi connectivity index (χ2v) is 4.25. The van der Waals surface area contributed by atoms with Gasteiger partial charge in [-0.25, -0.2) is 9.55 Å². The number of rotatable bonds is 3. The highest BCUT2D eigenvalue weighted by Crippen LogP contribution is 2.12. The van der Waals surface area contributed by atoms with Gasteiger partial charge in [0, 0.05) is 0 Å². The van der Waals surface area contributed by atoms with Gasteiger partial charge in [-0.15, -0.1) is 0 Å². The lowest BCUT2D eigenvalue weighted by Gasteiger charge is -2.01. The molecule has 0 aliphatic carbocycles. The zero-order chi connectivity index (χ0) is 12.4. The number of aryl methyl sites for hydroxylation is 1. The maximum atomic E-state index is 5.75. The average Bonchev–Trinajstić information content (AvgIpc) is 2.75. The third-order valence-corrected chi connectivity index (χ3v) is 3.07. The number of imidazole rings is 1. The summed E-state index contributed by atoms with van der Waals surface area (Å²) in [6, 6.07) is 18.1. The van der Waals surface area contributed by atoms with Crippen molar-refractivity contribution in [2.24, 2.45) is 7.05 Å². The van der Waals surface area contributed by atoms with Crippen LogP contribution in [0.15, 0.2) is 54.6 Å². The number of para-hydroxylation sites is 3. The highest BCUT2D eigenvalue weighted by Gasteiger charge is 2.14. The summed E-state index contributed by atoms with van der Waals surface area (Å²) in [5, 5.41) is 0. The van der Waals surface area contributed by atoms with Gasteiger partial charge in [-0.3, -0.25) is 0 Å². The van der Waals surface area contributed by atoms with Gasteiger partial charge in [0.25, 0.3) is 5.82 Å². The second kappa shape index (κ2) is 4.53. The van der Waals surface area contributed by atoms with Crippen LogP contribution in [0.1, 0.15) is 5.82 Å². The molecule has 3 heteroatoms. The first-order valence-corrected chi connectivity index (χ1v) is 5.98. The number of H-pyrrole nitrogens is 1. The van der Waals surface area contributed by atoms with Crippen molar-refractivity contribution in [2.75, 3.05) is 0 Å². The summed E-state index contributed by atoms with van der Waals surface area (Å²) >= 11 is 0. The summed E-state index contributed by atoms with van der Waals surface area (Å²) in [6.07, 6.45) is 0. The van der Waals surface area contributed by atoms with E-state index in [1.165, 1.54) is 5.52 Å². The third kappa shape index (κ3) is 1.95. The zero-order valence-electron chi connectivity index (χ0n) is 10.3. The van der Waals surface area contributed by atoms with Crippen molar-refractivity contribution in [3.63, 3.8) is 0 Å². The summed E-state index contributed by atoms with van der Waals surface area (Å²) in [4.78, 5) is 3.37. The van der Waals surface area contributed by atoms with Crippen LogP contribution in [-0.2, 0) is 13.7 Å². The molecule has 0 saturated carbocycles. The fraction of sp³-hybridized carbons (Fsp3) is 0.133. The molecule has 1 aromatic heterocycles. The SMILES string of the molecule is C[n+]1c(COc2ccccc2)[nH]c2ccccc21. The van der Waals surface area contributed by atoms with Crippen molar-refractivity contribution in [1.82, 2.24) is 4.98 Å². The fourth-order valence-electron chi connectivity index (χ4n) is 2.06. The Balaban J connectivity index is 1.85. The molecular weight excluding hydrogens is 224 g/mol. The standard InChI is InChI=1S/C15H14N2O/c1-17-14-10-6-5-9-13(14)16-15(17)11-18-12-7-3-2-4-8-12/h2-10H,11H2,1H3/p+1. The van der Waals surface area contributed by atoms with E-state index >= 15 is 0 Å². The van der Waals surface area contributed by atoms with Crippen LogP contribution >= 0.6 is 0 Å². The summed E-state index contributed by atoms with van der Waals surface area (Å²) in [5.41, 5.74) is 2.32. The monoisotopic (exact) mass is 239 g/mol. The van der Waals surface area contributed by atoms with Crippen LogP contribution in [0.5, 0.6) is 5.75 Å². The van der Waals surface area contributed by atoms with Crippen LogP contribution in [0.3, 0.4) is 0 Å². The largest absolute Gasteiger partial charge is 0.481 e. The van der Waals surface area contributed by atoms with E-state index in [2.05, 4.69) is 21.7 Å². The van der Waals surface area contributed by atoms with E-state index in [-0.39, 0.29) is 0 Å². The molecule has 3 aromatic rings. The number of fused-ring (bicyclic) bond motifs is 1. The van der Waals surface area contributed by atoms with Gasteiger partial charge in [-0.2, -0.15) is 0 Å². The first-order chi connectivity index (χ1) is 8.84. The quantitative estimate of drug-likeness (QED) is 0.699. The Morgan fingerprint density at radius 2 is 1.72 bits per heavy atom. The molecule has 0 bridgehead atoms. The average molecular weight is 239 g/mol. The maximum Gasteiger partial charge on any atom is 0.293 e. The van der Waals surface area contributed by atoms with Gasteiger partial charge in [0.05, 0.1) is 7.05 Å². The van der Waals surface area contributed by atoms with Crippen molar-refractivity contribution in [3.8, 4) is 5.75 Å². The van der Waals surface area contributed by atoms with Crippen molar-refractivity contribution >= 4 is 11.0 Å². The number of hydrogen-bond donors (Lipinski definition) is 1. The number of aromatic amines is 1. The molecular formula is C15H15N2O+. The Kier molecular flexibility index (Phi) is 2.73. The molecule has 0 aliphatic heterocycles. The van der Waals surface area contributed by atoms with E-state index in [4.69, 9.17) is 4.74 Å². The smallest absolute Gasteiger partial charge is 0.293 e. The zero-order valence-corrected chi connectivity index (χ0v) is 10.3. The number of aromatic nitrogens is 2. The molecule has 0 radical (unpaired) electrons. The molecule has 1 heterocycles. The van der Waals surface area contributed by atoms with Gasteiger partial charge in [-0.05, 0) is 24.3 Å². The van der Waals surface area contributed by atoms with Gasteiger partial charge in [-0.1, -0.05) is 30.3 Å². The predicted molar refractivity (Wildman–Crippen MR) is 70.2 cm³/mol. The Morgan fingerprint density at radius 1 is 1.00 bits per heavy atom. The van der Waals surface area contributed by atoms with E-state index in [1.54, 1.807) is 0 Å². The van der Waals surface area contributed by atoms with Gasteiger partial charge >= 0.3 is 0 Å². The van der Waals surface area contributed by atoms with Gasteiger partial charge in [0.1, 0.15) is 5.75 Å². The Hall–Kier alpha value is -2.29. The minimum absolute atomic E-state index is 0.537. The number of benzene rings is 2. The summed E-state index contributed by atoms with van der Waals surface area (Å²) in [6.45, 7) is 0.537. The first kappa shape index (κ1) is 10.8. The topological polar surface area (TPSA) is 28.9 Å². The van der Waals surface area contributed by atoms with E-state index in [0.29, 0.717) is 6.61 Å². The van der Waals surface area contributed by atoms with Crippen molar-refractivity contribution < 1.29 is 9.30 Å². The first-order valence-electron chi connectivity index (χ1n) is 5.98. The molecule has 0 atom stereocenters. The van der Waals surface area contributed by atoms with E-state index in [0.717, 1.165) is 17.1 Å². The molecule has 0 unspecified atom stereocenters. The van der Waals surface area contributed by atoms with Gasteiger partial charge in [0.15, 0.2) is 17.6 Å². The van der Waals surface area contributed by atoms with E-state index < -0.39 is 0 Å². The molecule has 0 spiro atoms. The van der Waals surface area contributed by atoms with Crippen LogP contribution in [-0.4, -0.2) is 4.98 Å². The third-order valence-electron chi connectivity index (χ3n) is 3.07. The van der Waals surface area contributed by atoms with Gasteiger partial charge in [0.2, 0.25) is 0 Å². The highest BCUT2D eigenvalue weighted by molar-refractivity contribution is 5.70. The Morgan fingerprint density at radius 3 is 2.50 bits per heavy atom. The van der Waals surface area contributed by atoms with Crippen LogP contribution in [0.2, 0.25) is 0 Å². The molecule has 3 nitrogen and oxygen atoms in total. The lowest BCUT2D eigenvalue weighted by atomic mass is 10.3. The summed E-state index contributed by atoms with van der Waals surface area (Å²) in [5.74, 6) is 1.94. The van der Waals surface area contributed by atoms with Gasteiger partial charge < -0.3 is 4.74 Å². The molecule has 3 rings (SSSR count). The van der Waals surface area contributed by atoms with Crippen LogP contribution in [0.25, 0.3) is 11.0 Å². The van der Waals surface area contributed by atoms with E-state index in [9.17, 15) is 0 Å². The highest BCUT2D eigenvalue weighted by atomic mass is 16.5. The molecule has 0 amide bonds. The molecule has 2 aromatic carbocycles. The lowest BCUT2D eigenvalue weighted by molar-refractivity contribution is -0.654. The van der Waals surface area contributed by atoms with Crippen LogP contribution in [0, 0.1) is 0 Å². The normalized spacial score (nSPS) is 10.7. The minimum Gasteiger partial charge on any atom is -0.481 e. The molecule has 1 N–H and O–H groups in total. The van der Waals surface area contributed by atoms with Crippen molar-refractivity contribution in [3.05, 3.63) is 60.4 Å². The Labute approximate surface area is 106 Å². The molecule has 90 valence electrons. The molecule has 18 heavy (non-hydrogen) atoms. The summed E-state index contributed by atoms with van der Waals surface area (Å²) in [7, 11) is 2.04. The number of hydrogen-bond acceptors (Lipinski definition) is 1. The van der Waals surface area contributed by atoms with Crippen LogP contribution < -0.4 is 9.30 Å². The predicted octanol–water partition coefficient (Wildman–Crippen LogP) is 2.57. The number of nitrogens with zero attached hydrogens (tertiary/aromatic N) is 1. The van der Waals surface area contributed by atoms with Crippen LogP contribution in [0.4, 0.5) is 0 Å². The molecule has 0 aliphatic rings.